The van der Waals surface area contributed by atoms with Crippen LogP contribution in [-0.4, -0.2) is 35.1 Å². The Morgan fingerprint density at radius 1 is 1.41 bits per heavy atom. The van der Waals surface area contributed by atoms with Gasteiger partial charge in [-0.25, -0.2) is 14.8 Å². The summed E-state index contributed by atoms with van der Waals surface area (Å²) in [6.07, 6.45) is 3.79. The van der Waals surface area contributed by atoms with Gasteiger partial charge in [0.2, 0.25) is 5.95 Å². The Bertz CT molecular complexity index is 400. The van der Waals surface area contributed by atoms with Crippen LogP contribution in [0.4, 0.5) is 5.95 Å². The van der Waals surface area contributed by atoms with Crippen molar-refractivity contribution in [2.45, 2.75) is 32.8 Å². The minimum absolute atomic E-state index is 0.132. The molecular formula is C12H17N3O2. The van der Waals surface area contributed by atoms with Crippen LogP contribution in [-0.2, 0) is 4.74 Å². The number of ether oxygens (including phenoxy) is 1. The van der Waals surface area contributed by atoms with Crippen LogP contribution in [0.3, 0.4) is 0 Å². The standard InChI is InChI=1S/C12H17N3O2/c1-9(2)17-11(16)10-5-6-13-12(14-10)15-7-3-4-8-15/h5-6,9H,3-4,7-8H2,1-2H3. The van der Waals surface area contributed by atoms with Crippen molar-refractivity contribution in [3.05, 3.63) is 18.0 Å². The van der Waals surface area contributed by atoms with Crippen LogP contribution in [0.15, 0.2) is 12.3 Å². The molecule has 0 N–H and O–H groups in total. The van der Waals surface area contributed by atoms with Gasteiger partial charge in [0.15, 0.2) is 5.69 Å². The molecule has 2 rings (SSSR count). The highest BCUT2D eigenvalue weighted by atomic mass is 16.5. The van der Waals surface area contributed by atoms with Crippen molar-refractivity contribution in [2.24, 2.45) is 0 Å². The zero-order chi connectivity index (χ0) is 12.3. The minimum atomic E-state index is -0.386. The molecule has 0 aliphatic carbocycles. The van der Waals surface area contributed by atoms with Crippen LogP contribution in [0.1, 0.15) is 37.2 Å². The van der Waals surface area contributed by atoms with E-state index >= 15 is 0 Å². The van der Waals surface area contributed by atoms with Crippen LogP contribution in [0.2, 0.25) is 0 Å². The van der Waals surface area contributed by atoms with E-state index in [1.54, 1.807) is 12.3 Å². The van der Waals surface area contributed by atoms with Crippen molar-refractivity contribution in [2.75, 3.05) is 18.0 Å². The molecule has 1 aromatic heterocycles. The molecule has 1 fully saturated rings. The third-order valence-corrected chi connectivity index (χ3v) is 2.58. The molecule has 1 aliphatic heterocycles. The first kappa shape index (κ1) is 11.8. The van der Waals surface area contributed by atoms with Crippen LogP contribution in [0.5, 0.6) is 0 Å². The van der Waals surface area contributed by atoms with Gasteiger partial charge in [-0.15, -0.1) is 0 Å². The predicted octanol–water partition coefficient (Wildman–Crippen LogP) is 1.64. The molecule has 2 heterocycles. The largest absolute Gasteiger partial charge is 0.458 e. The lowest BCUT2D eigenvalue weighted by atomic mass is 10.4. The summed E-state index contributed by atoms with van der Waals surface area (Å²) in [7, 11) is 0. The third kappa shape index (κ3) is 2.93. The second kappa shape index (κ2) is 5.12. The summed E-state index contributed by atoms with van der Waals surface area (Å²) >= 11 is 0. The zero-order valence-electron chi connectivity index (χ0n) is 10.2. The molecule has 0 spiro atoms. The molecule has 1 aliphatic rings. The van der Waals surface area contributed by atoms with Gasteiger partial charge in [-0.05, 0) is 32.8 Å². The van der Waals surface area contributed by atoms with E-state index in [0.29, 0.717) is 11.6 Å². The van der Waals surface area contributed by atoms with Crippen molar-refractivity contribution in [3.8, 4) is 0 Å². The van der Waals surface area contributed by atoms with Gasteiger partial charge in [-0.2, -0.15) is 0 Å². The van der Waals surface area contributed by atoms with E-state index in [1.807, 2.05) is 13.8 Å². The first-order valence-electron chi connectivity index (χ1n) is 5.96. The summed E-state index contributed by atoms with van der Waals surface area (Å²) in [5.74, 6) is 0.239. The highest BCUT2D eigenvalue weighted by molar-refractivity contribution is 5.87. The summed E-state index contributed by atoms with van der Waals surface area (Å²) in [4.78, 5) is 22.2. The Morgan fingerprint density at radius 3 is 2.76 bits per heavy atom. The highest BCUT2D eigenvalue weighted by Crippen LogP contribution is 2.15. The molecule has 17 heavy (non-hydrogen) atoms. The minimum Gasteiger partial charge on any atom is -0.458 e. The van der Waals surface area contributed by atoms with E-state index in [4.69, 9.17) is 4.74 Å². The Morgan fingerprint density at radius 2 is 2.12 bits per heavy atom. The number of esters is 1. The van der Waals surface area contributed by atoms with Gasteiger partial charge >= 0.3 is 5.97 Å². The number of carbonyl (C=O) groups is 1. The lowest BCUT2D eigenvalue weighted by Crippen LogP contribution is -2.22. The third-order valence-electron chi connectivity index (χ3n) is 2.58. The Balaban J connectivity index is 2.13. The van der Waals surface area contributed by atoms with Crippen molar-refractivity contribution in [3.63, 3.8) is 0 Å². The Kier molecular flexibility index (Phi) is 3.56. The maximum Gasteiger partial charge on any atom is 0.357 e. The predicted molar refractivity (Wildman–Crippen MR) is 64.0 cm³/mol. The van der Waals surface area contributed by atoms with E-state index in [1.165, 1.54) is 0 Å². The van der Waals surface area contributed by atoms with E-state index in [-0.39, 0.29) is 12.1 Å². The maximum atomic E-state index is 11.7. The fourth-order valence-electron chi connectivity index (χ4n) is 1.81. The van der Waals surface area contributed by atoms with Gasteiger partial charge in [0.1, 0.15) is 0 Å². The number of anilines is 1. The van der Waals surface area contributed by atoms with Crippen LogP contribution >= 0.6 is 0 Å². The fraction of sp³-hybridized carbons (Fsp3) is 0.583. The smallest absolute Gasteiger partial charge is 0.357 e. The second-order valence-electron chi connectivity index (χ2n) is 4.39. The molecule has 0 radical (unpaired) electrons. The van der Waals surface area contributed by atoms with E-state index in [9.17, 15) is 4.79 Å². The second-order valence-corrected chi connectivity index (χ2v) is 4.39. The first-order valence-corrected chi connectivity index (χ1v) is 5.96. The number of hydrogen-bond donors (Lipinski definition) is 0. The Labute approximate surface area is 101 Å². The SMILES string of the molecule is CC(C)OC(=O)c1ccnc(N2CCCC2)n1. The van der Waals surface area contributed by atoms with Crippen LogP contribution in [0, 0.1) is 0 Å². The normalized spacial score (nSPS) is 15.4. The van der Waals surface area contributed by atoms with E-state index in [2.05, 4.69) is 14.9 Å². The summed E-state index contributed by atoms with van der Waals surface area (Å²) in [6.45, 7) is 5.56. The average Bonchev–Trinajstić information content (AvgIpc) is 2.82. The Hall–Kier alpha value is -1.65. The van der Waals surface area contributed by atoms with Gasteiger partial charge in [-0.1, -0.05) is 0 Å². The fourth-order valence-corrected chi connectivity index (χ4v) is 1.81. The number of nitrogens with zero attached hydrogens (tertiary/aromatic N) is 3. The van der Waals surface area contributed by atoms with Gasteiger partial charge in [0.25, 0.3) is 0 Å². The molecule has 1 saturated heterocycles. The molecule has 5 nitrogen and oxygen atoms in total. The lowest BCUT2D eigenvalue weighted by Gasteiger charge is -2.15. The van der Waals surface area contributed by atoms with Gasteiger partial charge < -0.3 is 9.64 Å². The number of carbonyl (C=O) groups excluding carboxylic acids is 1. The molecule has 1 aromatic rings. The van der Waals surface area contributed by atoms with Crippen molar-refractivity contribution < 1.29 is 9.53 Å². The number of aromatic nitrogens is 2. The van der Waals surface area contributed by atoms with E-state index in [0.717, 1.165) is 25.9 Å². The van der Waals surface area contributed by atoms with E-state index < -0.39 is 0 Å². The average molecular weight is 235 g/mol. The molecule has 0 amide bonds. The molecular weight excluding hydrogens is 218 g/mol. The van der Waals surface area contributed by atoms with Crippen molar-refractivity contribution in [1.82, 2.24) is 9.97 Å². The summed E-state index contributed by atoms with van der Waals surface area (Å²) < 4.78 is 5.11. The highest BCUT2D eigenvalue weighted by Gasteiger charge is 2.17. The molecule has 5 heteroatoms. The number of rotatable bonds is 3. The quantitative estimate of drug-likeness (QED) is 0.745. The molecule has 0 atom stereocenters. The molecule has 0 saturated carbocycles. The molecule has 0 unspecified atom stereocenters. The zero-order valence-corrected chi connectivity index (χ0v) is 10.2. The summed E-state index contributed by atoms with van der Waals surface area (Å²) in [5.41, 5.74) is 0.329. The van der Waals surface area contributed by atoms with Crippen molar-refractivity contribution in [1.29, 1.82) is 0 Å². The lowest BCUT2D eigenvalue weighted by molar-refractivity contribution is 0.0371. The maximum absolute atomic E-state index is 11.7. The monoisotopic (exact) mass is 235 g/mol. The number of hydrogen-bond acceptors (Lipinski definition) is 5. The van der Waals surface area contributed by atoms with Crippen LogP contribution < -0.4 is 4.90 Å². The first-order chi connectivity index (χ1) is 8.16. The summed E-state index contributed by atoms with van der Waals surface area (Å²) in [5, 5.41) is 0. The van der Waals surface area contributed by atoms with Gasteiger partial charge in [0, 0.05) is 19.3 Å². The molecule has 0 bridgehead atoms. The molecule has 0 aromatic carbocycles. The summed E-state index contributed by atoms with van der Waals surface area (Å²) in [6, 6.07) is 1.59. The van der Waals surface area contributed by atoms with Crippen LogP contribution in [0.25, 0.3) is 0 Å². The van der Waals surface area contributed by atoms with Crippen molar-refractivity contribution >= 4 is 11.9 Å². The van der Waals surface area contributed by atoms with Gasteiger partial charge in [0.05, 0.1) is 6.10 Å². The van der Waals surface area contributed by atoms with Gasteiger partial charge in [-0.3, -0.25) is 0 Å². The molecule has 92 valence electrons. The topological polar surface area (TPSA) is 55.3 Å².